The van der Waals surface area contributed by atoms with Crippen molar-refractivity contribution in [3.63, 3.8) is 0 Å². The van der Waals surface area contributed by atoms with Gasteiger partial charge in [-0.25, -0.2) is 0 Å². The van der Waals surface area contributed by atoms with Crippen LogP contribution in [0.5, 0.6) is 0 Å². The topological polar surface area (TPSA) is 108 Å². The molecule has 404 valence electrons. The molecule has 0 bridgehead atoms. The summed E-state index contributed by atoms with van der Waals surface area (Å²) in [5.41, 5.74) is 0. The molecule has 0 rings (SSSR count). The second-order valence-electron chi connectivity index (χ2n) is 20.3. The summed E-state index contributed by atoms with van der Waals surface area (Å²) in [6.45, 7) is 4.58. The van der Waals surface area contributed by atoms with E-state index in [9.17, 15) is 19.4 Å². The molecule has 0 aromatic rings. The monoisotopic (exact) mass is 997 g/mol. The van der Waals surface area contributed by atoms with E-state index in [0.717, 1.165) is 83.5 Å². The summed E-state index contributed by atoms with van der Waals surface area (Å²) in [7, 11) is 1.26. The SMILES string of the molecule is CC/C=C\C/C=C\C/C=C\C/C=C\C/C=C\C/C=C\C/C=C\C/C=C\CCCCC(=O)NC(COP(=O)([O-])OCC[N+](C)(C)C)C(O)CCCCCCCCCCCCCCCCCCCCCCC. The quantitative estimate of drug-likeness (QED) is 0.0272. The minimum absolute atomic E-state index is 0.00163. The van der Waals surface area contributed by atoms with E-state index in [0.29, 0.717) is 30.3 Å². The Hall–Kier alpha value is -2.58. The van der Waals surface area contributed by atoms with Crippen molar-refractivity contribution in [3.05, 3.63) is 97.2 Å². The predicted octanol–water partition coefficient (Wildman–Crippen LogP) is 16.8. The van der Waals surface area contributed by atoms with Crippen molar-refractivity contribution in [2.75, 3.05) is 40.9 Å². The van der Waals surface area contributed by atoms with Gasteiger partial charge in [0.05, 0.1) is 39.9 Å². The molecule has 0 heterocycles. The van der Waals surface area contributed by atoms with Crippen LogP contribution in [-0.2, 0) is 18.4 Å². The van der Waals surface area contributed by atoms with Crippen LogP contribution >= 0.6 is 7.82 Å². The first-order chi connectivity index (χ1) is 34.0. The highest BCUT2D eigenvalue weighted by Crippen LogP contribution is 2.38. The number of nitrogens with one attached hydrogen (secondary N) is 1. The number of phosphoric ester groups is 1. The number of quaternary nitrogens is 1. The summed E-state index contributed by atoms with van der Waals surface area (Å²) in [4.78, 5) is 25.5. The highest BCUT2D eigenvalue weighted by molar-refractivity contribution is 7.45. The van der Waals surface area contributed by atoms with E-state index in [2.05, 4.69) is 116 Å². The normalized spacial score (nSPS) is 14.7. The van der Waals surface area contributed by atoms with Gasteiger partial charge in [0.1, 0.15) is 13.2 Å². The molecule has 3 unspecified atom stereocenters. The molecule has 2 N–H and O–H groups in total. The highest BCUT2D eigenvalue weighted by Gasteiger charge is 2.24. The number of nitrogens with zero attached hydrogens (tertiary/aromatic N) is 1. The minimum atomic E-state index is -4.59. The smallest absolute Gasteiger partial charge is 0.268 e. The average molecular weight is 998 g/mol. The molecular formula is C61H109N2O6P. The lowest BCUT2D eigenvalue weighted by Crippen LogP contribution is -2.46. The van der Waals surface area contributed by atoms with E-state index in [1.165, 1.54) is 116 Å². The van der Waals surface area contributed by atoms with Crippen molar-refractivity contribution >= 4 is 13.7 Å². The molecule has 8 nitrogen and oxygen atoms in total. The number of amides is 1. The lowest BCUT2D eigenvalue weighted by Gasteiger charge is -2.30. The first kappa shape index (κ1) is 67.4. The van der Waals surface area contributed by atoms with Crippen LogP contribution in [0.4, 0.5) is 0 Å². The van der Waals surface area contributed by atoms with Gasteiger partial charge in [-0.05, 0) is 77.0 Å². The van der Waals surface area contributed by atoms with Gasteiger partial charge in [-0.1, -0.05) is 246 Å². The first-order valence-electron chi connectivity index (χ1n) is 28.6. The highest BCUT2D eigenvalue weighted by atomic mass is 31.2. The zero-order valence-electron chi connectivity index (χ0n) is 45.9. The molecule has 0 aliphatic carbocycles. The number of rotatable bonds is 51. The summed E-state index contributed by atoms with van der Waals surface area (Å²) < 4.78 is 23.4. The Morgan fingerprint density at radius 3 is 1.24 bits per heavy atom. The van der Waals surface area contributed by atoms with Gasteiger partial charge in [-0.2, -0.15) is 0 Å². The van der Waals surface area contributed by atoms with Gasteiger partial charge in [-0.15, -0.1) is 0 Å². The van der Waals surface area contributed by atoms with E-state index >= 15 is 0 Å². The lowest BCUT2D eigenvalue weighted by molar-refractivity contribution is -0.870. The fraction of sp³-hybridized carbons (Fsp3) is 0.721. The van der Waals surface area contributed by atoms with Crippen LogP contribution in [0, 0.1) is 0 Å². The third kappa shape index (κ3) is 53.2. The Balaban J connectivity index is 4.32. The number of allylic oxidation sites excluding steroid dienone is 16. The maximum Gasteiger partial charge on any atom is 0.268 e. The molecule has 70 heavy (non-hydrogen) atoms. The average Bonchev–Trinajstić information content (AvgIpc) is 3.32. The standard InChI is InChI=1S/C61H109N2O6P/c1-6-8-10-12-14-16-18-20-22-24-26-28-29-30-31-32-33-35-37-39-41-43-45-47-49-51-53-55-61(65)62-59(58-69-70(66,67)68-57-56-63(3,4)5)60(64)54-52-50-48-46-44-42-40-38-36-34-27-25-23-21-19-17-15-13-11-9-7-2/h8,10,14,16,20,22,26,28,30-31,33,35,39,41,45,47,59-60,64H,6-7,9,11-13,15,17-19,21,23-25,27,29,32,34,36-38,40,42-44,46,48-58H2,1-5H3,(H-,62,65,66,67)/b10-8-,16-14-,22-20-,28-26-,31-30-,35-33-,41-39-,47-45-. The maximum absolute atomic E-state index is 13.0. The van der Waals surface area contributed by atoms with Crippen molar-refractivity contribution in [2.45, 2.75) is 244 Å². The van der Waals surface area contributed by atoms with Gasteiger partial charge in [0.2, 0.25) is 5.91 Å². The Kier molecular flexibility index (Phi) is 49.4. The first-order valence-corrected chi connectivity index (χ1v) is 30.0. The molecule has 0 fully saturated rings. The number of carbonyl (C=O) groups excluding carboxylic acids is 1. The van der Waals surface area contributed by atoms with Crippen LogP contribution in [-0.4, -0.2) is 68.5 Å². The summed E-state index contributed by atoms with van der Waals surface area (Å²) >= 11 is 0. The molecule has 0 aliphatic rings. The van der Waals surface area contributed by atoms with E-state index in [4.69, 9.17) is 9.05 Å². The second-order valence-corrected chi connectivity index (χ2v) is 21.7. The van der Waals surface area contributed by atoms with Gasteiger partial charge in [0.25, 0.3) is 7.82 Å². The van der Waals surface area contributed by atoms with E-state index < -0.39 is 20.0 Å². The Labute approximate surface area is 432 Å². The number of likely N-dealkylation sites (N-methyl/N-ethyl adjacent to an activating group) is 1. The third-order valence-electron chi connectivity index (χ3n) is 12.3. The molecular weight excluding hydrogens is 888 g/mol. The summed E-state index contributed by atoms with van der Waals surface area (Å²) in [6.07, 6.45) is 72.9. The maximum atomic E-state index is 13.0. The van der Waals surface area contributed by atoms with E-state index in [1.54, 1.807) is 0 Å². The number of unbranched alkanes of at least 4 members (excludes halogenated alkanes) is 22. The van der Waals surface area contributed by atoms with Crippen LogP contribution in [0.1, 0.15) is 232 Å². The van der Waals surface area contributed by atoms with E-state index in [1.807, 2.05) is 21.1 Å². The van der Waals surface area contributed by atoms with Crippen molar-refractivity contribution in [1.82, 2.24) is 5.32 Å². The van der Waals surface area contributed by atoms with Crippen LogP contribution in [0.25, 0.3) is 0 Å². The molecule has 0 aromatic heterocycles. The zero-order chi connectivity index (χ0) is 51.3. The Morgan fingerprint density at radius 1 is 0.514 bits per heavy atom. The fourth-order valence-corrected chi connectivity index (χ4v) is 8.60. The molecule has 0 spiro atoms. The Bertz CT molecular complexity index is 1460. The van der Waals surface area contributed by atoms with Crippen LogP contribution in [0.2, 0.25) is 0 Å². The predicted molar refractivity (Wildman–Crippen MR) is 302 cm³/mol. The number of aliphatic hydroxyl groups excluding tert-OH is 1. The summed E-state index contributed by atoms with van der Waals surface area (Å²) in [5.74, 6) is -0.209. The van der Waals surface area contributed by atoms with Gasteiger partial charge in [-0.3, -0.25) is 9.36 Å². The number of hydrogen-bond acceptors (Lipinski definition) is 6. The number of hydrogen-bond donors (Lipinski definition) is 2. The largest absolute Gasteiger partial charge is 0.756 e. The van der Waals surface area contributed by atoms with Crippen LogP contribution in [0.15, 0.2) is 97.2 Å². The lowest BCUT2D eigenvalue weighted by atomic mass is 10.0. The van der Waals surface area contributed by atoms with Gasteiger partial charge < -0.3 is 28.8 Å². The van der Waals surface area contributed by atoms with Crippen molar-refractivity contribution < 1.29 is 32.9 Å². The molecule has 0 radical (unpaired) electrons. The number of phosphoric acid groups is 1. The number of carbonyl (C=O) groups is 1. The molecule has 0 saturated carbocycles. The van der Waals surface area contributed by atoms with Crippen LogP contribution < -0.4 is 10.2 Å². The molecule has 3 atom stereocenters. The molecule has 9 heteroatoms. The van der Waals surface area contributed by atoms with E-state index in [-0.39, 0.29) is 19.1 Å². The number of aliphatic hydroxyl groups is 1. The molecule has 1 amide bonds. The molecule has 0 saturated heterocycles. The Morgan fingerprint density at radius 2 is 0.871 bits per heavy atom. The third-order valence-corrected chi connectivity index (χ3v) is 13.3. The van der Waals surface area contributed by atoms with Gasteiger partial charge in [0, 0.05) is 6.42 Å². The fourth-order valence-electron chi connectivity index (χ4n) is 7.88. The van der Waals surface area contributed by atoms with Crippen molar-refractivity contribution in [2.24, 2.45) is 0 Å². The zero-order valence-corrected chi connectivity index (χ0v) is 46.8. The second kappa shape index (κ2) is 51.3. The molecule has 0 aliphatic heterocycles. The minimum Gasteiger partial charge on any atom is -0.756 e. The summed E-state index contributed by atoms with van der Waals surface area (Å²) in [6, 6.07) is -0.832. The summed E-state index contributed by atoms with van der Waals surface area (Å²) in [5, 5.41) is 14.0. The van der Waals surface area contributed by atoms with Crippen molar-refractivity contribution in [3.8, 4) is 0 Å². The van der Waals surface area contributed by atoms with Gasteiger partial charge in [0.15, 0.2) is 0 Å². The van der Waals surface area contributed by atoms with Crippen LogP contribution in [0.3, 0.4) is 0 Å². The van der Waals surface area contributed by atoms with Crippen molar-refractivity contribution in [1.29, 1.82) is 0 Å². The molecule has 0 aromatic carbocycles. The van der Waals surface area contributed by atoms with Gasteiger partial charge >= 0.3 is 0 Å².